The lowest BCUT2D eigenvalue weighted by Gasteiger charge is -2.26. The van der Waals surface area contributed by atoms with Crippen LogP contribution in [-0.2, 0) is 4.79 Å². The van der Waals surface area contributed by atoms with Gasteiger partial charge in [0.2, 0.25) is 0 Å². The Labute approximate surface area is 136 Å². The second kappa shape index (κ2) is 6.44. The molecular weight excluding hydrogens is 290 g/mol. The number of nitrogens with zero attached hydrogens (tertiary/aromatic N) is 2. The molecule has 5 heteroatoms. The second-order valence-electron chi connectivity index (χ2n) is 6.49. The fraction of sp³-hybridized carbons (Fsp3) is 0.444. The molecule has 0 aliphatic heterocycles. The summed E-state index contributed by atoms with van der Waals surface area (Å²) in [5.41, 5.74) is 4.51. The van der Waals surface area contributed by atoms with E-state index in [4.69, 9.17) is 5.11 Å². The number of nitrogens with one attached hydrogen (secondary N) is 1. The van der Waals surface area contributed by atoms with E-state index >= 15 is 0 Å². The first kappa shape index (κ1) is 15.6. The van der Waals surface area contributed by atoms with Gasteiger partial charge in [0.15, 0.2) is 0 Å². The van der Waals surface area contributed by atoms with Gasteiger partial charge in [0, 0.05) is 6.04 Å². The monoisotopic (exact) mass is 313 g/mol. The Hall–Kier alpha value is -2.30. The summed E-state index contributed by atoms with van der Waals surface area (Å²) < 4.78 is 1.89. The molecule has 3 rings (SSSR count). The van der Waals surface area contributed by atoms with Crippen LogP contribution in [0.25, 0.3) is 5.69 Å². The van der Waals surface area contributed by atoms with E-state index in [0.29, 0.717) is 6.04 Å². The fourth-order valence-electron chi connectivity index (χ4n) is 3.31. The summed E-state index contributed by atoms with van der Waals surface area (Å²) in [6.07, 6.45) is 7.12. The molecular formula is C18H23N3O2. The highest BCUT2D eigenvalue weighted by molar-refractivity contribution is 5.70. The van der Waals surface area contributed by atoms with Crippen LogP contribution in [-0.4, -0.2) is 26.9 Å². The summed E-state index contributed by atoms with van der Waals surface area (Å²) in [4.78, 5) is 11.0. The SMILES string of the molecule is Cc1ccc(-n2cc(NC3CCC(C(=O)O)CC3)cn2)c(C)c1. The second-order valence-corrected chi connectivity index (χ2v) is 6.49. The zero-order valence-electron chi connectivity index (χ0n) is 13.6. The summed E-state index contributed by atoms with van der Waals surface area (Å²) in [7, 11) is 0. The lowest BCUT2D eigenvalue weighted by Crippen LogP contribution is -2.29. The topological polar surface area (TPSA) is 67.2 Å². The zero-order valence-corrected chi connectivity index (χ0v) is 13.6. The van der Waals surface area contributed by atoms with Crippen molar-refractivity contribution in [1.82, 2.24) is 9.78 Å². The minimum absolute atomic E-state index is 0.175. The minimum Gasteiger partial charge on any atom is -0.481 e. The smallest absolute Gasteiger partial charge is 0.306 e. The van der Waals surface area contributed by atoms with E-state index in [1.165, 1.54) is 11.1 Å². The lowest BCUT2D eigenvalue weighted by atomic mass is 9.86. The third-order valence-electron chi connectivity index (χ3n) is 4.63. The summed E-state index contributed by atoms with van der Waals surface area (Å²) in [5.74, 6) is -0.836. The molecule has 23 heavy (non-hydrogen) atoms. The first-order valence-electron chi connectivity index (χ1n) is 8.14. The van der Waals surface area contributed by atoms with Gasteiger partial charge in [0.05, 0.1) is 29.7 Å². The number of aromatic nitrogens is 2. The molecule has 122 valence electrons. The first-order chi connectivity index (χ1) is 11.0. The number of aliphatic carboxylic acids is 1. The van der Waals surface area contributed by atoms with Gasteiger partial charge in [0.25, 0.3) is 0 Å². The van der Waals surface area contributed by atoms with Gasteiger partial charge in [-0.25, -0.2) is 4.68 Å². The Morgan fingerprint density at radius 1 is 1.26 bits per heavy atom. The van der Waals surface area contributed by atoms with Gasteiger partial charge in [-0.15, -0.1) is 0 Å². The Morgan fingerprint density at radius 2 is 2.00 bits per heavy atom. The average Bonchev–Trinajstić information content (AvgIpc) is 2.96. The highest BCUT2D eigenvalue weighted by Gasteiger charge is 2.25. The first-order valence-corrected chi connectivity index (χ1v) is 8.14. The number of carboxylic acids is 1. The quantitative estimate of drug-likeness (QED) is 0.906. The van der Waals surface area contributed by atoms with Crippen molar-refractivity contribution in [2.75, 3.05) is 5.32 Å². The molecule has 1 aliphatic carbocycles. The van der Waals surface area contributed by atoms with Crippen LogP contribution >= 0.6 is 0 Å². The van der Waals surface area contributed by atoms with Crippen molar-refractivity contribution < 1.29 is 9.90 Å². The van der Waals surface area contributed by atoms with Crippen LogP contribution in [0, 0.1) is 19.8 Å². The van der Waals surface area contributed by atoms with Gasteiger partial charge in [-0.1, -0.05) is 17.7 Å². The van der Waals surface area contributed by atoms with Gasteiger partial charge >= 0.3 is 5.97 Å². The third kappa shape index (κ3) is 3.55. The van der Waals surface area contributed by atoms with Gasteiger partial charge < -0.3 is 10.4 Å². The van der Waals surface area contributed by atoms with Gasteiger partial charge in [-0.05, 0) is 51.2 Å². The van der Waals surface area contributed by atoms with Crippen LogP contribution in [0.4, 0.5) is 5.69 Å². The van der Waals surface area contributed by atoms with Crippen LogP contribution < -0.4 is 5.32 Å². The molecule has 1 fully saturated rings. The Bertz CT molecular complexity index is 700. The van der Waals surface area contributed by atoms with Crippen molar-refractivity contribution in [3.8, 4) is 5.69 Å². The maximum Gasteiger partial charge on any atom is 0.306 e. The van der Waals surface area contributed by atoms with Crippen LogP contribution in [0.5, 0.6) is 0 Å². The van der Waals surface area contributed by atoms with Crippen LogP contribution in [0.3, 0.4) is 0 Å². The standard InChI is InChI=1S/C18H23N3O2/c1-12-3-8-17(13(2)9-12)21-11-16(10-19-21)20-15-6-4-14(5-7-15)18(22)23/h3,8-11,14-15,20H,4-7H2,1-2H3,(H,22,23). The summed E-state index contributed by atoms with van der Waals surface area (Å²) >= 11 is 0. The van der Waals surface area contributed by atoms with Crippen molar-refractivity contribution in [3.05, 3.63) is 41.7 Å². The number of carboxylic acid groups (broad SMARTS) is 1. The van der Waals surface area contributed by atoms with Crippen molar-refractivity contribution in [3.63, 3.8) is 0 Å². The molecule has 0 spiro atoms. The normalized spacial score (nSPS) is 21.1. The maximum absolute atomic E-state index is 11.0. The Kier molecular flexibility index (Phi) is 4.37. The molecule has 1 heterocycles. The Balaban J connectivity index is 1.65. The zero-order chi connectivity index (χ0) is 16.4. The van der Waals surface area contributed by atoms with Crippen LogP contribution in [0.2, 0.25) is 0 Å². The molecule has 1 aliphatic rings. The van der Waals surface area contributed by atoms with Crippen molar-refractivity contribution in [2.45, 2.75) is 45.6 Å². The van der Waals surface area contributed by atoms with E-state index in [-0.39, 0.29) is 5.92 Å². The molecule has 0 unspecified atom stereocenters. The van der Waals surface area contributed by atoms with E-state index in [9.17, 15) is 4.79 Å². The van der Waals surface area contributed by atoms with Gasteiger partial charge in [-0.2, -0.15) is 5.10 Å². The third-order valence-corrected chi connectivity index (χ3v) is 4.63. The van der Waals surface area contributed by atoms with Gasteiger partial charge in [0.1, 0.15) is 0 Å². The highest BCUT2D eigenvalue weighted by Crippen LogP contribution is 2.27. The number of carbonyl (C=O) groups is 1. The molecule has 0 radical (unpaired) electrons. The van der Waals surface area contributed by atoms with E-state index < -0.39 is 5.97 Å². The number of hydrogen-bond donors (Lipinski definition) is 2. The molecule has 1 aromatic carbocycles. The lowest BCUT2D eigenvalue weighted by molar-refractivity contribution is -0.142. The molecule has 2 aromatic rings. The molecule has 1 aromatic heterocycles. The van der Waals surface area contributed by atoms with E-state index in [1.807, 2.05) is 17.1 Å². The number of rotatable bonds is 4. The van der Waals surface area contributed by atoms with Crippen LogP contribution in [0.15, 0.2) is 30.6 Å². The molecule has 0 saturated heterocycles. The molecule has 0 atom stereocenters. The maximum atomic E-state index is 11.0. The molecule has 0 bridgehead atoms. The average molecular weight is 313 g/mol. The fourth-order valence-corrected chi connectivity index (χ4v) is 3.31. The van der Waals surface area contributed by atoms with Gasteiger partial charge in [-0.3, -0.25) is 4.79 Å². The number of anilines is 1. The number of benzene rings is 1. The molecule has 0 amide bonds. The van der Waals surface area contributed by atoms with E-state index in [2.05, 4.69) is 42.5 Å². The van der Waals surface area contributed by atoms with E-state index in [0.717, 1.165) is 37.1 Å². The molecule has 5 nitrogen and oxygen atoms in total. The summed E-state index contributed by atoms with van der Waals surface area (Å²) in [6, 6.07) is 6.66. The minimum atomic E-state index is -0.661. The van der Waals surface area contributed by atoms with E-state index in [1.54, 1.807) is 0 Å². The van der Waals surface area contributed by atoms with Crippen LogP contribution in [0.1, 0.15) is 36.8 Å². The number of hydrogen-bond acceptors (Lipinski definition) is 3. The predicted octanol–water partition coefficient (Wildman–Crippen LogP) is 3.54. The largest absolute Gasteiger partial charge is 0.481 e. The van der Waals surface area contributed by atoms with Crippen molar-refractivity contribution in [2.24, 2.45) is 5.92 Å². The predicted molar refractivity (Wildman–Crippen MR) is 90.0 cm³/mol. The summed E-state index contributed by atoms with van der Waals surface area (Å²) in [6.45, 7) is 4.17. The summed E-state index contributed by atoms with van der Waals surface area (Å²) in [5, 5.41) is 17.0. The van der Waals surface area contributed by atoms with Crippen molar-refractivity contribution >= 4 is 11.7 Å². The molecule has 2 N–H and O–H groups in total. The van der Waals surface area contributed by atoms with Crippen molar-refractivity contribution in [1.29, 1.82) is 0 Å². The Morgan fingerprint density at radius 3 is 2.65 bits per heavy atom. The number of aryl methyl sites for hydroxylation is 2. The molecule has 1 saturated carbocycles. The highest BCUT2D eigenvalue weighted by atomic mass is 16.4.